The van der Waals surface area contributed by atoms with E-state index in [4.69, 9.17) is 5.73 Å². The van der Waals surface area contributed by atoms with Crippen LogP contribution >= 0.6 is 0 Å². The molecule has 0 bridgehead atoms. The van der Waals surface area contributed by atoms with Crippen LogP contribution in [0.4, 0.5) is 17.1 Å². The van der Waals surface area contributed by atoms with Crippen molar-refractivity contribution < 1.29 is 0 Å². The average molecular weight is 199 g/mol. The summed E-state index contributed by atoms with van der Waals surface area (Å²) in [6.07, 6.45) is 3.40. The van der Waals surface area contributed by atoms with E-state index in [1.165, 1.54) is 5.56 Å². The Bertz CT molecular complexity index is 422. The molecule has 2 rings (SSSR count). The van der Waals surface area contributed by atoms with Crippen LogP contribution in [-0.4, -0.2) is 4.98 Å². The number of nitrogens with one attached hydrogen (secondary N) is 1. The minimum atomic E-state index is 0.702. The van der Waals surface area contributed by atoms with Crippen LogP contribution in [-0.2, 0) is 0 Å². The van der Waals surface area contributed by atoms with Crippen LogP contribution in [0.2, 0.25) is 0 Å². The van der Waals surface area contributed by atoms with Crippen molar-refractivity contribution in [2.45, 2.75) is 6.92 Å². The number of hydrogen-bond acceptors (Lipinski definition) is 3. The summed E-state index contributed by atoms with van der Waals surface area (Å²) in [5.41, 5.74) is 9.59. The van der Waals surface area contributed by atoms with Gasteiger partial charge in [0.25, 0.3) is 0 Å². The highest BCUT2D eigenvalue weighted by atomic mass is 14.9. The molecule has 2 aromatic rings. The van der Waals surface area contributed by atoms with Gasteiger partial charge in [-0.25, -0.2) is 0 Å². The van der Waals surface area contributed by atoms with Gasteiger partial charge < -0.3 is 11.1 Å². The maximum Gasteiger partial charge on any atom is 0.0804 e. The van der Waals surface area contributed by atoms with E-state index in [1.54, 1.807) is 18.5 Å². The summed E-state index contributed by atoms with van der Waals surface area (Å²) in [4.78, 5) is 4.03. The number of aromatic nitrogens is 1. The summed E-state index contributed by atoms with van der Waals surface area (Å²) in [5.74, 6) is 0. The summed E-state index contributed by atoms with van der Waals surface area (Å²) >= 11 is 0. The molecule has 0 spiro atoms. The SMILES string of the molecule is Cc1ccccc1Nc1cnccc1N. The van der Waals surface area contributed by atoms with Crippen LogP contribution in [0.3, 0.4) is 0 Å². The Kier molecular flexibility index (Phi) is 2.54. The standard InChI is InChI=1S/C12H13N3/c1-9-4-2-3-5-11(9)15-12-8-14-7-6-10(12)13/h2-8,15H,1H3,(H2,13,14). The van der Waals surface area contributed by atoms with Crippen molar-refractivity contribution in [3.05, 3.63) is 48.3 Å². The Labute approximate surface area is 89.0 Å². The van der Waals surface area contributed by atoms with Crippen molar-refractivity contribution in [3.63, 3.8) is 0 Å². The fourth-order valence-corrected chi connectivity index (χ4v) is 1.37. The number of hydrogen-bond donors (Lipinski definition) is 2. The Morgan fingerprint density at radius 3 is 2.67 bits per heavy atom. The molecule has 0 atom stereocenters. The molecule has 1 aromatic carbocycles. The molecule has 0 unspecified atom stereocenters. The van der Waals surface area contributed by atoms with E-state index < -0.39 is 0 Å². The molecule has 1 heterocycles. The van der Waals surface area contributed by atoms with Gasteiger partial charge >= 0.3 is 0 Å². The molecular weight excluding hydrogens is 186 g/mol. The normalized spacial score (nSPS) is 9.93. The van der Waals surface area contributed by atoms with Gasteiger partial charge in [-0.05, 0) is 24.6 Å². The Morgan fingerprint density at radius 2 is 1.93 bits per heavy atom. The maximum absolute atomic E-state index is 5.82. The van der Waals surface area contributed by atoms with Gasteiger partial charge in [-0.3, -0.25) is 4.98 Å². The van der Waals surface area contributed by atoms with Gasteiger partial charge in [0.15, 0.2) is 0 Å². The Morgan fingerprint density at radius 1 is 1.13 bits per heavy atom. The van der Waals surface area contributed by atoms with Gasteiger partial charge in [-0.2, -0.15) is 0 Å². The van der Waals surface area contributed by atoms with Crippen molar-refractivity contribution >= 4 is 17.1 Å². The Hall–Kier alpha value is -2.03. The summed E-state index contributed by atoms with van der Waals surface area (Å²) in [6, 6.07) is 9.84. The number of nitrogens with zero attached hydrogens (tertiary/aromatic N) is 1. The minimum Gasteiger partial charge on any atom is -0.397 e. The molecule has 1 aromatic heterocycles. The molecule has 3 N–H and O–H groups in total. The fourth-order valence-electron chi connectivity index (χ4n) is 1.37. The number of aryl methyl sites for hydroxylation is 1. The lowest BCUT2D eigenvalue weighted by molar-refractivity contribution is 1.32. The minimum absolute atomic E-state index is 0.702. The summed E-state index contributed by atoms with van der Waals surface area (Å²) in [5, 5.41) is 3.25. The predicted molar refractivity (Wildman–Crippen MR) is 63.1 cm³/mol. The third-order valence-electron chi connectivity index (χ3n) is 2.27. The van der Waals surface area contributed by atoms with Gasteiger partial charge in [0.05, 0.1) is 17.6 Å². The second-order valence-corrected chi connectivity index (χ2v) is 3.40. The largest absolute Gasteiger partial charge is 0.397 e. The second kappa shape index (κ2) is 4.00. The zero-order valence-corrected chi connectivity index (χ0v) is 8.57. The first-order valence-corrected chi connectivity index (χ1v) is 4.79. The van der Waals surface area contributed by atoms with Gasteiger partial charge in [-0.15, -0.1) is 0 Å². The lowest BCUT2D eigenvalue weighted by atomic mass is 10.2. The van der Waals surface area contributed by atoms with Crippen molar-refractivity contribution in [3.8, 4) is 0 Å². The first-order valence-electron chi connectivity index (χ1n) is 4.79. The van der Waals surface area contributed by atoms with E-state index in [0.29, 0.717) is 5.69 Å². The highest BCUT2D eigenvalue weighted by molar-refractivity contribution is 5.72. The third-order valence-corrected chi connectivity index (χ3v) is 2.27. The van der Waals surface area contributed by atoms with Crippen LogP contribution < -0.4 is 11.1 Å². The van der Waals surface area contributed by atoms with Crippen LogP contribution in [0.25, 0.3) is 0 Å². The van der Waals surface area contributed by atoms with Crippen molar-refractivity contribution in [2.75, 3.05) is 11.1 Å². The molecule has 0 fully saturated rings. The molecule has 0 aliphatic carbocycles. The number of anilines is 3. The molecule has 3 nitrogen and oxygen atoms in total. The lowest BCUT2D eigenvalue weighted by Gasteiger charge is -2.10. The van der Waals surface area contributed by atoms with Crippen LogP contribution in [0.1, 0.15) is 5.56 Å². The molecule has 76 valence electrons. The number of para-hydroxylation sites is 1. The first kappa shape index (κ1) is 9.52. The predicted octanol–water partition coefficient (Wildman–Crippen LogP) is 2.72. The molecule has 0 aliphatic rings. The van der Waals surface area contributed by atoms with Crippen LogP contribution in [0.5, 0.6) is 0 Å². The molecular formula is C12H13N3. The number of rotatable bonds is 2. The maximum atomic E-state index is 5.82. The van der Waals surface area contributed by atoms with Crippen LogP contribution in [0.15, 0.2) is 42.7 Å². The number of benzene rings is 1. The summed E-state index contributed by atoms with van der Waals surface area (Å²) in [6.45, 7) is 2.05. The molecule has 0 radical (unpaired) electrons. The van der Waals surface area contributed by atoms with E-state index in [2.05, 4.69) is 23.3 Å². The Balaban J connectivity index is 2.30. The van der Waals surface area contributed by atoms with E-state index in [0.717, 1.165) is 11.4 Å². The molecule has 0 amide bonds. The fraction of sp³-hybridized carbons (Fsp3) is 0.0833. The van der Waals surface area contributed by atoms with Gasteiger partial charge in [0.1, 0.15) is 0 Å². The quantitative estimate of drug-likeness (QED) is 0.781. The van der Waals surface area contributed by atoms with Crippen molar-refractivity contribution in [2.24, 2.45) is 0 Å². The highest BCUT2D eigenvalue weighted by Gasteiger charge is 2.00. The topological polar surface area (TPSA) is 50.9 Å². The molecule has 0 aliphatic heterocycles. The molecule has 15 heavy (non-hydrogen) atoms. The lowest BCUT2D eigenvalue weighted by Crippen LogP contribution is -1.97. The third kappa shape index (κ3) is 2.07. The molecule has 3 heteroatoms. The monoisotopic (exact) mass is 199 g/mol. The smallest absolute Gasteiger partial charge is 0.0804 e. The number of nitrogen functional groups attached to an aromatic ring is 1. The van der Waals surface area contributed by atoms with E-state index in [9.17, 15) is 0 Å². The van der Waals surface area contributed by atoms with Crippen LogP contribution in [0, 0.1) is 6.92 Å². The van der Waals surface area contributed by atoms with Gasteiger partial charge in [-0.1, -0.05) is 18.2 Å². The second-order valence-electron chi connectivity index (χ2n) is 3.40. The number of pyridine rings is 1. The zero-order chi connectivity index (χ0) is 10.7. The van der Waals surface area contributed by atoms with Gasteiger partial charge in [0, 0.05) is 11.9 Å². The van der Waals surface area contributed by atoms with Gasteiger partial charge in [0.2, 0.25) is 0 Å². The van der Waals surface area contributed by atoms with Crippen molar-refractivity contribution in [1.82, 2.24) is 4.98 Å². The zero-order valence-electron chi connectivity index (χ0n) is 8.57. The first-order chi connectivity index (χ1) is 7.27. The average Bonchev–Trinajstić information content (AvgIpc) is 2.24. The molecule has 0 saturated heterocycles. The van der Waals surface area contributed by atoms with E-state index in [1.807, 2.05) is 18.2 Å². The highest BCUT2D eigenvalue weighted by Crippen LogP contribution is 2.23. The van der Waals surface area contributed by atoms with Crippen molar-refractivity contribution in [1.29, 1.82) is 0 Å². The summed E-state index contributed by atoms with van der Waals surface area (Å²) in [7, 11) is 0. The van der Waals surface area contributed by atoms with E-state index in [-0.39, 0.29) is 0 Å². The van der Waals surface area contributed by atoms with E-state index >= 15 is 0 Å². The number of nitrogens with two attached hydrogens (primary N) is 1. The summed E-state index contributed by atoms with van der Waals surface area (Å²) < 4.78 is 0. The molecule has 0 saturated carbocycles.